The van der Waals surface area contributed by atoms with Crippen molar-refractivity contribution in [3.8, 4) is 20.4 Å². The van der Waals surface area contributed by atoms with Crippen LogP contribution < -0.4 is 10.6 Å². The summed E-state index contributed by atoms with van der Waals surface area (Å²) in [5, 5.41) is 12.7. The van der Waals surface area contributed by atoms with Crippen LogP contribution in [0.1, 0.15) is 96.9 Å². The van der Waals surface area contributed by atoms with Crippen molar-refractivity contribution in [3.63, 3.8) is 0 Å². The fourth-order valence-corrected chi connectivity index (χ4v) is 15.1. The fraction of sp³-hybridized carbons (Fsp3) is 0.605. The Hall–Kier alpha value is -1.77. The zero-order valence-electron chi connectivity index (χ0n) is 26.4. The van der Waals surface area contributed by atoms with E-state index in [4.69, 9.17) is 4.52 Å². The second-order valence-electron chi connectivity index (χ2n) is 16.2. The number of nitrogens with zero attached hydrogens (tertiary/aromatic N) is 1. The van der Waals surface area contributed by atoms with Gasteiger partial charge in [0.1, 0.15) is 0 Å². The highest BCUT2D eigenvalue weighted by atomic mass is 32.1. The Morgan fingerprint density at radius 1 is 0.689 bits per heavy atom. The van der Waals surface area contributed by atoms with Gasteiger partial charge in [0.15, 0.2) is 5.76 Å². The van der Waals surface area contributed by atoms with Crippen molar-refractivity contribution >= 4 is 34.0 Å². The van der Waals surface area contributed by atoms with Crippen molar-refractivity contribution in [2.75, 3.05) is 0 Å². The van der Waals surface area contributed by atoms with Crippen molar-refractivity contribution < 1.29 is 4.52 Å². The van der Waals surface area contributed by atoms with Gasteiger partial charge < -0.3 is 15.2 Å². The van der Waals surface area contributed by atoms with Crippen LogP contribution in [0, 0.1) is 42.4 Å². The summed E-state index contributed by atoms with van der Waals surface area (Å²) in [4.78, 5) is 8.55. The number of hydrogen-bond acceptors (Lipinski definition) is 7. The standard InChI is InChI=1S/C38H45N3OS3/c1-22-2-4-33(43-22)34-5-3-30(44-34)21-40-38-17-26-11-27(18-38)36(28(12-26)19-38)35-7-6-32(45-35)31-13-29(41-42-31)20-39-37-14-23-8-24(15-37)10-25(9-23)16-37/h2-7,13,23-28,36,39-40H,8-12,14-21H2,1H3. The average molecular weight is 656 g/mol. The van der Waals surface area contributed by atoms with Gasteiger partial charge in [0.05, 0.1) is 10.6 Å². The summed E-state index contributed by atoms with van der Waals surface area (Å²) in [5.41, 5.74) is 1.77. The first-order valence-electron chi connectivity index (χ1n) is 17.7. The molecule has 236 valence electrons. The van der Waals surface area contributed by atoms with Gasteiger partial charge in [-0.05, 0) is 155 Å². The Morgan fingerprint density at radius 3 is 2.02 bits per heavy atom. The molecular weight excluding hydrogens is 611 g/mol. The third-order valence-corrected chi connectivity index (χ3v) is 16.5. The molecule has 2 N–H and O–H groups in total. The van der Waals surface area contributed by atoms with E-state index in [2.05, 4.69) is 65.2 Å². The second kappa shape index (κ2) is 10.6. The number of hydrogen-bond donors (Lipinski definition) is 2. The van der Waals surface area contributed by atoms with Gasteiger partial charge in [-0.2, -0.15) is 0 Å². The summed E-state index contributed by atoms with van der Waals surface area (Å²) in [5.74, 6) is 7.08. The van der Waals surface area contributed by atoms with Gasteiger partial charge in [-0.1, -0.05) is 5.16 Å². The molecule has 0 aliphatic heterocycles. The summed E-state index contributed by atoms with van der Waals surface area (Å²) in [6, 6.07) is 16.2. The van der Waals surface area contributed by atoms with Gasteiger partial charge in [-0.3, -0.25) is 0 Å². The lowest BCUT2D eigenvalue weighted by atomic mass is 9.49. The molecule has 8 saturated carbocycles. The van der Waals surface area contributed by atoms with E-state index in [1.807, 2.05) is 34.0 Å². The van der Waals surface area contributed by atoms with Crippen LogP contribution in [0.2, 0.25) is 0 Å². The molecule has 0 saturated heterocycles. The maximum absolute atomic E-state index is 5.97. The Labute approximate surface area is 279 Å². The Morgan fingerprint density at radius 2 is 1.31 bits per heavy atom. The van der Waals surface area contributed by atoms with E-state index >= 15 is 0 Å². The molecule has 4 aromatic heterocycles. The smallest absolute Gasteiger partial charge is 0.177 e. The lowest BCUT2D eigenvalue weighted by Crippen LogP contribution is -2.60. The molecule has 7 heteroatoms. The van der Waals surface area contributed by atoms with Gasteiger partial charge in [-0.15, -0.1) is 34.0 Å². The summed E-state index contributed by atoms with van der Waals surface area (Å²) < 4.78 is 5.97. The molecule has 2 atom stereocenters. The van der Waals surface area contributed by atoms with Gasteiger partial charge in [-0.25, -0.2) is 0 Å². The molecule has 4 aromatic rings. The minimum Gasteiger partial charge on any atom is -0.355 e. The third-order valence-electron chi connectivity index (χ3n) is 13.0. The zero-order chi connectivity index (χ0) is 29.8. The van der Waals surface area contributed by atoms with Crippen LogP contribution in [-0.4, -0.2) is 16.2 Å². The van der Waals surface area contributed by atoms with E-state index in [9.17, 15) is 0 Å². The van der Waals surface area contributed by atoms with Crippen LogP contribution in [0.25, 0.3) is 20.4 Å². The number of nitrogens with one attached hydrogen (secondary N) is 2. The maximum atomic E-state index is 5.97. The largest absolute Gasteiger partial charge is 0.355 e. The van der Waals surface area contributed by atoms with Crippen LogP contribution in [0.15, 0.2) is 47.0 Å². The Bertz CT molecular complexity index is 1660. The average Bonchev–Trinajstić information content (AvgIpc) is 3.82. The lowest BCUT2D eigenvalue weighted by molar-refractivity contribution is -0.0380. The molecule has 45 heavy (non-hydrogen) atoms. The minimum absolute atomic E-state index is 0.334. The van der Waals surface area contributed by atoms with Gasteiger partial charge in [0.25, 0.3) is 0 Å². The number of aromatic nitrogens is 1. The molecule has 0 spiro atoms. The molecular formula is C38H45N3OS3. The quantitative estimate of drug-likeness (QED) is 0.188. The molecule has 8 fully saturated rings. The SMILES string of the molecule is Cc1ccc(-c2ccc(CNC34CC5CC(C3)C(c3ccc(-c6cc(CNC78CC9CC(CC(C9)C7)C8)no6)s3)C(C5)C4)s2)s1. The molecule has 8 bridgehead atoms. The maximum Gasteiger partial charge on any atom is 0.177 e. The minimum atomic E-state index is 0.334. The normalized spacial score (nSPS) is 37.7. The summed E-state index contributed by atoms with van der Waals surface area (Å²) in [7, 11) is 0. The van der Waals surface area contributed by atoms with Crippen LogP contribution in [0.4, 0.5) is 0 Å². The van der Waals surface area contributed by atoms with Crippen LogP contribution in [0.5, 0.6) is 0 Å². The summed E-state index contributed by atoms with van der Waals surface area (Å²) in [6.45, 7) is 4.06. The zero-order valence-corrected chi connectivity index (χ0v) is 28.8. The first kappa shape index (κ1) is 28.3. The van der Waals surface area contributed by atoms with E-state index < -0.39 is 0 Å². The molecule has 8 aliphatic rings. The number of thiophene rings is 3. The Kier molecular flexibility index (Phi) is 6.67. The van der Waals surface area contributed by atoms with Gasteiger partial charge in [0.2, 0.25) is 0 Å². The van der Waals surface area contributed by atoms with Crippen molar-refractivity contribution in [1.82, 2.24) is 15.8 Å². The van der Waals surface area contributed by atoms with Crippen LogP contribution >= 0.6 is 34.0 Å². The molecule has 12 rings (SSSR count). The van der Waals surface area contributed by atoms with Gasteiger partial charge in [0, 0.05) is 54.6 Å². The Balaban J connectivity index is 0.798. The topological polar surface area (TPSA) is 50.1 Å². The van der Waals surface area contributed by atoms with Crippen molar-refractivity contribution in [2.24, 2.45) is 35.5 Å². The van der Waals surface area contributed by atoms with Crippen LogP contribution in [0.3, 0.4) is 0 Å². The summed E-state index contributed by atoms with van der Waals surface area (Å²) in [6.07, 6.45) is 15.5. The second-order valence-corrected chi connectivity index (χ2v) is 19.8. The summed E-state index contributed by atoms with van der Waals surface area (Å²) >= 11 is 5.87. The van der Waals surface area contributed by atoms with E-state index in [0.717, 1.165) is 60.1 Å². The molecule has 0 radical (unpaired) electrons. The van der Waals surface area contributed by atoms with Crippen molar-refractivity contribution in [2.45, 2.75) is 108 Å². The number of rotatable bonds is 9. The van der Waals surface area contributed by atoms with E-state index in [-0.39, 0.29) is 0 Å². The van der Waals surface area contributed by atoms with Crippen molar-refractivity contribution in [3.05, 3.63) is 62.8 Å². The first-order chi connectivity index (χ1) is 22.0. The van der Waals surface area contributed by atoms with E-state index in [1.54, 1.807) is 4.88 Å². The highest BCUT2D eigenvalue weighted by Gasteiger charge is 2.56. The predicted molar refractivity (Wildman–Crippen MR) is 186 cm³/mol. The molecule has 8 aliphatic carbocycles. The van der Waals surface area contributed by atoms with Crippen molar-refractivity contribution in [1.29, 1.82) is 0 Å². The monoisotopic (exact) mass is 655 g/mol. The molecule has 0 aromatic carbocycles. The highest BCUT2D eigenvalue weighted by molar-refractivity contribution is 7.22. The molecule has 4 heterocycles. The lowest BCUT2D eigenvalue weighted by Gasteiger charge is -2.60. The van der Waals surface area contributed by atoms with E-state index in [1.165, 1.54) is 95.0 Å². The number of aryl methyl sites for hydroxylation is 1. The first-order valence-corrected chi connectivity index (χ1v) is 20.1. The molecule has 4 nitrogen and oxygen atoms in total. The van der Waals surface area contributed by atoms with E-state index in [0.29, 0.717) is 17.0 Å². The molecule has 0 amide bonds. The van der Waals surface area contributed by atoms with Crippen LogP contribution in [-0.2, 0) is 13.1 Å². The molecule has 2 unspecified atom stereocenters. The highest BCUT2D eigenvalue weighted by Crippen LogP contribution is 2.62. The third kappa shape index (κ3) is 5.06. The van der Waals surface area contributed by atoms with Gasteiger partial charge >= 0.3 is 0 Å². The fourth-order valence-electron chi connectivity index (χ4n) is 11.9. The predicted octanol–water partition coefficient (Wildman–Crippen LogP) is 10.0.